The molecule has 5 atom stereocenters. The number of nitrogens with two attached hydrogens (primary N) is 1. The molecule has 226 valence electrons. The van der Waals surface area contributed by atoms with E-state index in [0.29, 0.717) is 18.5 Å². The van der Waals surface area contributed by atoms with Gasteiger partial charge in [-0.15, -0.1) is 17.9 Å². The smallest absolute Gasteiger partial charge is 0.317 e. The fourth-order valence-electron chi connectivity index (χ4n) is 5.05. The fourth-order valence-corrected chi connectivity index (χ4v) is 7.11. The Morgan fingerprint density at radius 1 is 1.29 bits per heavy atom. The third-order valence-corrected chi connectivity index (χ3v) is 10.7. The lowest BCUT2D eigenvalue weighted by Gasteiger charge is -2.33. The van der Waals surface area contributed by atoms with Crippen LogP contribution in [0.15, 0.2) is 42.4 Å². The van der Waals surface area contributed by atoms with Crippen molar-refractivity contribution in [3.8, 4) is 16.6 Å². The van der Waals surface area contributed by atoms with Crippen molar-refractivity contribution in [2.45, 2.75) is 75.4 Å². The SMILES string of the molecule is C=CC1CC1(NC(=O)C1CC(Oc2nccc(-c3cccs3)n2)CN1C(=O)C(N)C(C)(C)C)C(=O)NS(=O)(=O)C1CC1. The van der Waals surface area contributed by atoms with Crippen LogP contribution in [0.1, 0.15) is 46.5 Å². The minimum atomic E-state index is -3.83. The molecule has 14 heteroatoms. The van der Waals surface area contributed by atoms with Crippen LogP contribution in [0.2, 0.25) is 0 Å². The van der Waals surface area contributed by atoms with E-state index in [4.69, 9.17) is 10.5 Å². The fraction of sp³-hybridized carbons (Fsp3) is 0.536. The Kier molecular flexibility index (Phi) is 7.92. The minimum absolute atomic E-state index is 0.0490. The van der Waals surface area contributed by atoms with Crippen LogP contribution in [0.25, 0.3) is 10.6 Å². The highest BCUT2D eigenvalue weighted by molar-refractivity contribution is 7.91. The minimum Gasteiger partial charge on any atom is -0.458 e. The molecule has 3 amide bonds. The lowest BCUT2D eigenvalue weighted by Crippen LogP contribution is -2.59. The zero-order valence-corrected chi connectivity index (χ0v) is 25.4. The number of thiophene rings is 1. The van der Waals surface area contributed by atoms with Gasteiger partial charge in [-0.05, 0) is 42.2 Å². The van der Waals surface area contributed by atoms with Crippen molar-refractivity contribution in [2.24, 2.45) is 17.1 Å². The third-order valence-electron chi connectivity index (χ3n) is 7.98. The van der Waals surface area contributed by atoms with Gasteiger partial charge < -0.3 is 20.7 Å². The number of carbonyl (C=O) groups is 3. The van der Waals surface area contributed by atoms with Gasteiger partial charge >= 0.3 is 6.01 Å². The summed E-state index contributed by atoms with van der Waals surface area (Å²) < 4.78 is 33.2. The van der Waals surface area contributed by atoms with E-state index in [-0.39, 0.29) is 25.4 Å². The van der Waals surface area contributed by atoms with Crippen molar-refractivity contribution in [1.29, 1.82) is 0 Å². The molecule has 4 N–H and O–H groups in total. The van der Waals surface area contributed by atoms with Crippen LogP contribution in [0.4, 0.5) is 0 Å². The number of rotatable bonds is 10. The first-order valence-electron chi connectivity index (χ1n) is 13.9. The lowest BCUT2D eigenvalue weighted by atomic mass is 9.86. The molecule has 2 aliphatic carbocycles. The van der Waals surface area contributed by atoms with Crippen LogP contribution in [0.5, 0.6) is 6.01 Å². The summed E-state index contributed by atoms with van der Waals surface area (Å²) in [6, 6.07) is 3.78. The molecule has 5 unspecified atom stereocenters. The third kappa shape index (κ3) is 6.06. The largest absolute Gasteiger partial charge is 0.458 e. The van der Waals surface area contributed by atoms with Crippen LogP contribution < -0.4 is 20.5 Å². The van der Waals surface area contributed by atoms with Crippen molar-refractivity contribution in [1.82, 2.24) is 24.9 Å². The van der Waals surface area contributed by atoms with E-state index in [9.17, 15) is 22.8 Å². The predicted octanol–water partition coefficient (Wildman–Crippen LogP) is 1.60. The van der Waals surface area contributed by atoms with Crippen LogP contribution in [-0.4, -0.2) is 76.5 Å². The van der Waals surface area contributed by atoms with E-state index in [0.717, 1.165) is 4.88 Å². The standard InChI is InChI=1S/C28H36N6O6S2/c1-5-16-14-28(16,25(37)33-42(38,39)18-8-9-18)32-23(35)20-13-17(15-34(20)24(36)22(29)27(2,3)4)40-26-30-11-10-19(31-26)21-7-6-12-41-21/h5-7,10-12,16-18,20,22H,1,8-9,13-15,29H2,2-4H3,(H,32,35)(H,33,37). The summed E-state index contributed by atoms with van der Waals surface area (Å²) >= 11 is 1.52. The molecule has 42 heavy (non-hydrogen) atoms. The number of hydrogen-bond donors (Lipinski definition) is 3. The van der Waals surface area contributed by atoms with Crippen LogP contribution >= 0.6 is 11.3 Å². The maximum Gasteiger partial charge on any atom is 0.317 e. The van der Waals surface area contributed by atoms with Gasteiger partial charge in [-0.1, -0.05) is 32.9 Å². The van der Waals surface area contributed by atoms with E-state index in [2.05, 4.69) is 26.6 Å². The summed E-state index contributed by atoms with van der Waals surface area (Å²) in [7, 11) is -3.83. The molecule has 2 saturated carbocycles. The molecular weight excluding hydrogens is 580 g/mol. The van der Waals surface area contributed by atoms with E-state index in [1.807, 2.05) is 38.3 Å². The summed E-state index contributed by atoms with van der Waals surface area (Å²) in [5.74, 6) is -2.31. The molecule has 1 saturated heterocycles. The van der Waals surface area contributed by atoms with Gasteiger partial charge in [0.05, 0.1) is 28.4 Å². The van der Waals surface area contributed by atoms with Gasteiger partial charge in [0.2, 0.25) is 21.8 Å². The van der Waals surface area contributed by atoms with Crippen molar-refractivity contribution in [2.75, 3.05) is 6.54 Å². The van der Waals surface area contributed by atoms with Gasteiger partial charge in [0.1, 0.15) is 17.7 Å². The number of amides is 3. The van der Waals surface area contributed by atoms with Gasteiger partial charge in [-0.2, -0.15) is 4.98 Å². The number of sulfonamides is 1. The molecule has 12 nitrogen and oxygen atoms in total. The molecule has 2 aromatic rings. The molecule has 0 radical (unpaired) electrons. The zero-order chi connectivity index (χ0) is 30.4. The first-order chi connectivity index (χ1) is 19.7. The van der Waals surface area contributed by atoms with E-state index >= 15 is 0 Å². The average molecular weight is 617 g/mol. The van der Waals surface area contributed by atoms with Crippen molar-refractivity contribution in [3.63, 3.8) is 0 Å². The van der Waals surface area contributed by atoms with E-state index in [1.54, 1.807) is 12.3 Å². The normalized spacial score (nSPS) is 26.3. The maximum atomic E-state index is 13.8. The van der Waals surface area contributed by atoms with Gasteiger partial charge in [0, 0.05) is 18.5 Å². The Balaban J connectivity index is 1.36. The topological polar surface area (TPSA) is 174 Å². The van der Waals surface area contributed by atoms with Gasteiger partial charge in [0.15, 0.2) is 0 Å². The molecule has 3 aliphatic rings. The number of nitrogens with zero attached hydrogens (tertiary/aromatic N) is 3. The second kappa shape index (κ2) is 11.0. The Labute approximate surface area is 249 Å². The van der Waals surface area contributed by atoms with Crippen molar-refractivity contribution >= 4 is 39.1 Å². The summed E-state index contributed by atoms with van der Waals surface area (Å²) in [5, 5.41) is 4.09. The monoisotopic (exact) mass is 616 g/mol. The van der Waals surface area contributed by atoms with Crippen LogP contribution in [0.3, 0.4) is 0 Å². The van der Waals surface area contributed by atoms with Crippen molar-refractivity contribution in [3.05, 3.63) is 42.4 Å². The Morgan fingerprint density at radius 3 is 2.62 bits per heavy atom. The van der Waals surface area contributed by atoms with Gasteiger partial charge in [0.25, 0.3) is 5.91 Å². The molecule has 3 fully saturated rings. The maximum absolute atomic E-state index is 13.8. The molecule has 3 heterocycles. The molecular formula is C28H36N6O6S2. The number of ether oxygens (including phenoxy) is 1. The van der Waals surface area contributed by atoms with Crippen LogP contribution in [-0.2, 0) is 24.4 Å². The van der Waals surface area contributed by atoms with E-state index < -0.39 is 68.1 Å². The molecule has 2 aromatic heterocycles. The number of aromatic nitrogens is 2. The number of hydrogen-bond acceptors (Lipinski definition) is 10. The average Bonchev–Trinajstić information content (AvgIpc) is 3.80. The first-order valence-corrected chi connectivity index (χ1v) is 16.3. The van der Waals surface area contributed by atoms with Crippen LogP contribution in [0, 0.1) is 11.3 Å². The second-order valence-corrected chi connectivity index (χ2v) is 15.1. The highest BCUT2D eigenvalue weighted by atomic mass is 32.2. The summed E-state index contributed by atoms with van der Waals surface area (Å²) in [6.45, 7) is 9.27. The molecule has 5 rings (SSSR count). The number of carbonyl (C=O) groups excluding carboxylic acids is 3. The Hall–Kier alpha value is -3.36. The quantitative estimate of drug-likeness (QED) is 0.335. The Morgan fingerprint density at radius 2 is 2.02 bits per heavy atom. The first kappa shape index (κ1) is 30.1. The molecule has 0 bridgehead atoms. The highest BCUT2D eigenvalue weighted by Crippen LogP contribution is 2.45. The molecule has 0 spiro atoms. The predicted molar refractivity (Wildman–Crippen MR) is 157 cm³/mol. The second-order valence-electron chi connectivity index (χ2n) is 12.2. The number of likely N-dealkylation sites (tertiary alicyclic amines) is 1. The molecule has 1 aliphatic heterocycles. The van der Waals surface area contributed by atoms with E-state index in [1.165, 1.54) is 22.3 Å². The van der Waals surface area contributed by atoms with Crippen molar-refractivity contribution < 1.29 is 27.5 Å². The Bertz CT molecular complexity index is 1490. The summed E-state index contributed by atoms with van der Waals surface area (Å²) in [4.78, 5) is 51.6. The summed E-state index contributed by atoms with van der Waals surface area (Å²) in [6.07, 6.45) is 3.72. The zero-order valence-electron chi connectivity index (χ0n) is 23.8. The van der Waals surface area contributed by atoms with Gasteiger partial charge in [-0.3, -0.25) is 19.1 Å². The highest BCUT2D eigenvalue weighted by Gasteiger charge is 2.62. The number of nitrogens with one attached hydrogen (secondary N) is 2. The molecule has 0 aromatic carbocycles. The summed E-state index contributed by atoms with van der Waals surface area (Å²) in [5.41, 5.74) is 4.94. The lowest BCUT2D eigenvalue weighted by molar-refractivity contribution is -0.142. The van der Waals surface area contributed by atoms with Gasteiger partial charge in [-0.25, -0.2) is 13.4 Å².